The fourth-order valence-corrected chi connectivity index (χ4v) is 2.34. The van der Waals surface area contributed by atoms with Gasteiger partial charge in [-0.1, -0.05) is 11.6 Å². The van der Waals surface area contributed by atoms with Gasteiger partial charge in [0.1, 0.15) is 11.3 Å². The van der Waals surface area contributed by atoms with Crippen molar-refractivity contribution in [3.63, 3.8) is 0 Å². The second-order valence-electron chi connectivity index (χ2n) is 6.51. The number of amides is 1. The second-order valence-corrected chi connectivity index (χ2v) is 6.87. The maximum atomic E-state index is 12.6. The fourth-order valence-electron chi connectivity index (χ4n) is 2.11. The summed E-state index contributed by atoms with van der Waals surface area (Å²) < 4.78 is 12.3. The molecule has 8 heteroatoms. The summed E-state index contributed by atoms with van der Waals surface area (Å²) >= 11 is 6.27. The van der Waals surface area contributed by atoms with Gasteiger partial charge in [-0.25, -0.2) is 9.48 Å². The molecule has 3 heterocycles. The van der Waals surface area contributed by atoms with Crippen LogP contribution in [-0.4, -0.2) is 45.7 Å². The van der Waals surface area contributed by atoms with E-state index in [1.165, 1.54) is 4.90 Å². The lowest BCUT2D eigenvalue weighted by Gasteiger charge is -2.26. The molecule has 7 nitrogen and oxygen atoms in total. The Bertz CT molecular complexity index is 723. The second kappa shape index (κ2) is 6.41. The Morgan fingerprint density at radius 2 is 2.29 bits per heavy atom. The van der Waals surface area contributed by atoms with Crippen molar-refractivity contribution in [1.82, 2.24) is 14.8 Å². The van der Waals surface area contributed by atoms with Gasteiger partial charge >= 0.3 is 6.09 Å². The Labute approximate surface area is 145 Å². The van der Waals surface area contributed by atoms with Crippen LogP contribution in [0.2, 0.25) is 5.15 Å². The van der Waals surface area contributed by atoms with Crippen molar-refractivity contribution in [2.24, 2.45) is 0 Å². The molecule has 24 heavy (non-hydrogen) atoms. The highest BCUT2D eigenvalue weighted by molar-refractivity contribution is 6.32. The van der Waals surface area contributed by atoms with Crippen LogP contribution in [0.15, 0.2) is 30.7 Å². The summed E-state index contributed by atoms with van der Waals surface area (Å²) in [6.45, 7) is 6.44. The van der Waals surface area contributed by atoms with Crippen molar-refractivity contribution in [3.8, 4) is 5.69 Å². The standard InChI is InChI=1S/C16H19ClN4O3/c1-16(2,3)24-15(22)20(8-12-10-23-12)13-9-21(19-14(13)17)11-5-4-6-18-7-11/h4-7,9,12H,8,10H2,1-3H3. The molecule has 1 aliphatic rings. The zero-order chi connectivity index (χ0) is 17.3. The lowest BCUT2D eigenvalue weighted by Crippen LogP contribution is -2.39. The van der Waals surface area contributed by atoms with Crippen molar-refractivity contribution in [1.29, 1.82) is 0 Å². The number of nitrogens with zero attached hydrogens (tertiary/aromatic N) is 4. The molecule has 1 fully saturated rings. The minimum absolute atomic E-state index is 0.00433. The highest BCUT2D eigenvalue weighted by Gasteiger charge is 2.33. The van der Waals surface area contributed by atoms with Gasteiger partial charge in [-0.15, -0.1) is 0 Å². The molecule has 128 valence electrons. The first-order valence-electron chi connectivity index (χ1n) is 7.61. The minimum atomic E-state index is -0.606. The molecular formula is C16H19ClN4O3. The summed E-state index contributed by atoms with van der Waals surface area (Å²) in [5.74, 6) is 0. The number of halogens is 1. The van der Waals surface area contributed by atoms with Crippen molar-refractivity contribution in [3.05, 3.63) is 35.9 Å². The smallest absolute Gasteiger partial charge is 0.415 e. The molecule has 2 aromatic rings. The largest absolute Gasteiger partial charge is 0.443 e. The van der Waals surface area contributed by atoms with Crippen molar-refractivity contribution >= 4 is 23.4 Å². The molecule has 0 radical (unpaired) electrons. The van der Waals surface area contributed by atoms with E-state index in [2.05, 4.69) is 10.1 Å². The Kier molecular flexibility index (Phi) is 4.47. The monoisotopic (exact) mass is 350 g/mol. The van der Waals surface area contributed by atoms with E-state index in [0.717, 1.165) is 5.69 Å². The van der Waals surface area contributed by atoms with Gasteiger partial charge in [0.2, 0.25) is 0 Å². The van der Waals surface area contributed by atoms with Crippen LogP contribution in [0.3, 0.4) is 0 Å². The molecule has 1 atom stereocenters. The molecule has 0 N–H and O–H groups in total. The molecule has 0 bridgehead atoms. The van der Waals surface area contributed by atoms with E-state index in [1.54, 1.807) is 29.3 Å². The number of ether oxygens (including phenoxy) is 2. The summed E-state index contributed by atoms with van der Waals surface area (Å²) in [5, 5.41) is 4.47. The molecule has 0 saturated carbocycles. The Balaban J connectivity index is 1.90. The molecule has 1 aliphatic heterocycles. The molecule has 3 rings (SSSR count). The predicted molar refractivity (Wildman–Crippen MR) is 89.7 cm³/mol. The van der Waals surface area contributed by atoms with E-state index in [-0.39, 0.29) is 11.3 Å². The van der Waals surface area contributed by atoms with Gasteiger partial charge < -0.3 is 9.47 Å². The van der Waals surface area contributed by atoms with E-state index in [0.29, 0.717) is 18.8 Å². The summed E-state index contributed by atoms with van der Waals surface area (Å²) in [4.78, 5) is 18.1. The maximum absolute atomic E-state index is 12.6. The van der Waals surface area contributed by atoms with Crippen LogP contribution in [0.4, 0.5) is 10.5 Å². The molecule has 1 amide bonds. The van der Waals surface area contributed by atoms with Crippen molar-refractivity contribution < 1.29 is 14.3 Å². The molecule has 1 saturated heterocycles. The zero-order valence-corrected chi connectivity index (χ0v) is 14.5. The van der Waals surface area contributed by atoms with Crippen molar-refractivity contribution in [2.75, 3.05) is 18.1 Å². The number of hydrogen-bond acceptors (Lipinski definition) is 5. The quantitative estimate of drug-likeness (QED) is 0.792. The lowest BCUT2D eigenvalue weighted by atomic mass is 10.2. The average molecular weight is 351 g/mol. The number of carbonyl (C=O) groups excluding carboxylic acids is 1. The number of anilines is 1. The average Bonchev–Trinajstić information content (AvgIpc) is 3.25. The number of pyridine rings is 1. The summed E-state index contributed by atoms with van der Waals surface area (Å²) in [5.41, 5.74) is 0.619. The number of carbonyl (C=O) groups is 1. The molecule has 0 aromatic carbocycles. The van der Waals surface area contributed by atoms with Crippen LogP contribution in [0.25, 0.3) is 5.69 Å². The molecular weight excluding hydrogens is 332 g/mol. The Morgan fingerprint density at radius 3 is 2.88 bits per heavy atom. The highest BCUT2D eigenvalue weighted by Crippen LogP contribution is 2.29. The molecule has 0 aliphatic carbocycles. The maximum Gasteiger partial charge on any atom is 0.415 e. The van der Waals surface area contributed by atoms with Gasteiger partial charge in [-0.05, 0) is 32.9 Å². The van der Waals surface area contributed by atoms with Crippen LogP contribution in [-0.2, 0) is 9.47 Å². The summed E-state index contributed by atoms with van der Waals surface area (Å²) in [6.07, 6.45) is 4.54. The fraction of sp³-hybridized carbons (Fsp3) is 0.438. The summed E-state index contributed by atoms with van der Waals surface area (Å²) in [6, 6.07) is 3.65. The minimum Gasteiger partial charge on any atom is -0.443 e. The predicted octanol–water partition coefficient (Wildman–Crippen LogP) is 3.06. The van der Waals surface area contributed by atoms with E-state index >= 15 is 0 Å². The van der Waals surface area contributed by atoms with Gasteiger partial charge in [0.25, 0.3) is 0 Å². The number of aromatic nitrogens is 3. The van der Waals surface area contributed by atoms with E-state index in [4.69, 9.17) is 21.1 Å². The Morgan fingerprint density at radius 1 is 1.54 bits per heavy atom. The van der Waals surface area contributed by atoms with E-state index in [9.17, 15) is 4.79 Å². The van der Waals surface area contributed by atoms with Gasteiger partial charge in [-0.2, -0.15) is 5.10 Å². The first-order chi connectivity index (χ1) is 11.3. The first-order valence-corrected chi connectivity index (χ1v) is 7.99. The van der Waals surface area contributed by atoms with Crippen LogP contribution in [0.1, 0.15) is 20.8 Å². The number of rotatable bonds is 4. The van der Waals surface area contributed by atoms with Gasteiger partial charge in [-0.3, -0.25) is 9.88 Å². The first kappa shape index (κ1) is 16.7. The number of epoxide rings is 1. The van der Waals surface area contributed by atoms with Crippen LogP contribution < -0.4 is 4.90 Å². The van der Waals surface area contributed by atoms with Crippen LogP contribution >= 0.6 is 11.6 Å². The zero-order valence-electron chi connectivity index (χ0n) is 13.8. The third-order valence-corrected chi connectivity index (χ3v) is 3.52. The Hall–Kier alpha value is -2.12. The third-order valence-electron chi connectivity index (χ3n) is 3.26. The van der Waals surface area contributed by atoms with Gasteiger partial charge in [0, 0.05) is 6.20 Å². The number of hydrogen-bond donors (Lipinski definition) is 0. The molecule has 0 spiro atoms. The molecule has 2 aromatic heterocycles. The van der Waals surface area contributed by atoms with Gasteiger partial charge in [0.15, 0.2) is 5.15 Å². The van der Waals surface area contributed by atoms with Crippen molar-refractivity contribution in [2.45, 2.75) is 32.5 Å². The molecule has 1 unspecified atom stereocenters. The highest BCUT2D eigenvalue weighted by atomic mass is 35.5. The van der Waals surface area contributed by atoms with E-state index in [1.807, 2.05) is 26.8 Å². The van der Waals surface area contributed by atoms with E-state index < -0.39 is 11.7 Å². The lowest BCUT2D eigenvalue weighted by molar-refractivity contribution is 0.0577. The normalized spacial score (nSPS) is 16.8. The topological polar surface area (TPSA) is 72.8 Å². The van der Waals surface area contributed by atoms with Crippen LogP contribution in [0.5, 0.6) is 0 Å². The van der Waals surface area contributed by atoms with Gasteiger partial charge in [0.05, 0.1) is 37.3 Å². The van der Waals surface area contributed by atoms with Crippen LogP contribution in [0, 0.1) is 0 Å². The summed E-state index contributed by atoms with van der Waals surface area (Å²) in [7, 11) is 0. The SMILES string of the molecule is CC(C)(C)OC(=O)N(CC1CO1)c1cn(-c2cccnc2)nc1Cl. The third kappa shape index (κ3) is 4.04.